The number of nitrogens with zero attached hydrogens (tertiary/aromatic N) is 1. The molecule has 1 aromatic heterocycles. The lowest BCUT2D eigenvalue weighted by atomic mass is 10.0. The molecule has 1 saturated carbocycles. The Labute approximate surface area is 134 Å². The summed E-state index contributed by atoms with van der Waals surface area (Å²) < 4.78 is 12.9. The molecule has 2 atom stereocenters. The molecule has 21 heavy (non-hydrogen) atoms. The zero-order chi connectivity index (χ0) is 14.8. The van der Waals surface area contributed by atoms with Crippen LogP contribution in [0.25, 0.3) is 0 Å². The Balaban J connectivity index is 1.67. The molecule has 0 bridgehead atoms. The average molecular weight is 355 g/mol. The van der Waals surface area contributed by atoms with Crippen LogP contribution in [0.1, 0.15) is 45.1 Å². The maximum atomic E-state index is 6.18. The first-order valence-electron chi connectivity index (χ1n) is 7.80. The van der Waals surface area contributed by atoms with E-state index in [1.165, 1.54) is 12.8 Å². The van der Waals surface area contributed by atoms with Crippen molar-refractivity contribution in [1.82, 2.24) is 10.3 Å². The number of aromatic nitrogens is 1. The van der Waals surface area contributed by atoms with E-state index in [1.54, 1.807) is 0 Å². The number of rotatable bonds is 5. The first kappa shape index (κ1) is 15.3. The minimum Gasteiger partial charge on any atom is -0.474 e. The highest BCUT2D eigenvalue weighted by Gasteiger charge is 2.27. The Hall–Kier alpha value is -0.650. The van der Waals surface area contributed by atoms with Gasteiger partial charge in [0.15, 0.2) is 0 Å². The highest BCUT2D eigenvalue weighted by Crippen LogP contribution is 2.27. The lowest BCUT2D eigenvalue weighted by Crippen LogP contribution is -2.36. The summed E-state index contributed by atoms with van der Waals surface area (Å²) >= 11 is 3.50. The number of ether oxygens (including phenoxy) is 2. The molecule has 3 rings (SSSR count). The molecular formula is C16H23BrN2O2. The average Bonchev–Trinajstić information content (AvgIpc) is 3.22. The summed E-state index contributed by atoms with van der Waals surface area (Å²) in [6.07, 6.45) is 6.93. The molecule has 2 unspecified atom stereocenters. The summed E-state index contributed by atoms with van der Waals surface area (Å²) in [4.78, 5) is 4.47. The number of hydrogen-bond acceptors (Lipinski definition) is 4. The number of pyridine rings is 1. The Morgan fingerprint density at radius 1 is 1.33 bits per heavy atom. The Kier molecular flexibility index (Phi) is 4.82. The number of halogens is 1. The summed E-state index contributed by atoms with van der Waals surface area (Å²) in [6.45, 7) is 5.04. The van der Waals surface area contributed by atoms with E-state index >= 15 is 0 Å². The van der Waals surface area contributed by atoms with Crippen LogP contribution in [0.5, 0.6) is 5.88 Å². The van der Waals surface area contributed by atoms with Crippen LogP contribution in [0.15, 0.2) is 16.7 Å². The fourth-order valence-corrected chi connectivity index (χ4v) is 3.22. The Morgan fingerprint density at radius 3 is 2.71 bits per heavy atom. The molecule has 1 aromatic rings. The second-order valence-corrected chi connectivity index (χ2v) is 7.16. The highest BCUT2D eigenvalue weighted by atomic mass is 79.9. The van der Waals surface area contributed by atoms with Crippen LogP contribution in [0.3, 0.4) is 0 Å². The van der Waals surface area contributed by atoms with Crippen LogP contribution in [-0.2, 0) is 11.3 Å². The van der Waals surface area contributed by atoms with Crippen molar-refractivity contribution in [2.45, 2.75) is 70.4 Å². The molecule has 2 fully saturated rings. The molecule has 1 aliphatic heterocycles. The van der Waals surface area contributed by atoms with Crippen LogP contribution >= 0.6 is 15.9 Å². The third kappa shape index (κ3) is 4.41. The predicted molar refractivity (Wildman–Crippen MR) is 85.5 cm³/mol. The second-order valence-electron chi connectivity index (χ2n) is 6.24. The van der Waals surface area contributed by atoms with E-state index in [4.69, 9.17) is 9.47 Å². The molecule has 2 aliphatic rings. The lowest BCUT2D eigenvalue weighted by Gasteiger charge is -2.32. The van der Waals surface area contributed by atoms with Crippen molar-refractivity contribution in [1.29, 1.82) is 0 Å². The number of nitrogens with one attached hydrogen (secondary N) is 1. The van der Waals surface area contributed by atoms with Crippen molar-refractivity contribution >= 4 is 15.9 Å². The summed E-state index contributed by atoms with van der Waals surface area (Å²) in [7, 11) is 0. The van der Waals surface area contributed by atoms with Gasteiger partial charge in [-0.3, -0.25) is 0 Å². The minimum absolute atomic E-state index is 0.192. The fraction of sp³-hybridized carbons (Fsp3) is 0.688. The first-order chi connectivity index (χ1) is 10.1. The second kappa shape index (κ2) is 6.63. The van der Waals surface area contributed by atoms with Gasteiger partial charge in [-0.1, -0.05) is 0 Å². The summed E-state index contributed by atoms with van der Waals surface area (Å²) in [6, 6.07) is 2.78. The van der Waals surface area contributed by atoms with Crippen molar-refractivity contribution in [2.24, 2.45) is 0 Å². The topological polar surface area (TPSA) is 43.4 Å². The van der Waals surface area contributed by atoms with Crippen molar-refractivity contribution in [3.05, 3.63) is 22.3 Å². The van der Waals surface area contributed by atoms with Crippen molar-refractivity contribution in [3.8, 4) is 5.88 Å². The first-order valence-corrected chi connectivity index (χ1v) is 8.59. The SMILES string of the molecule is CC1CC(Oc2ncc(Br)cc2CNC2CC2)CC(C)O1. The molecule has 1 aliphatic carbocycles. The molecule has 116 valence electrons. The largest absolute Gasteiger partial charge is 0.474 e. The minimum atomic E-state index is 0.192. The van der Waals surface area contributed by atoms with E-state index in [-0.39, 0.29) is 18.3 Å². The summed E-state index contributed by atoms with van der Waals surface area (Å²) in [5.74, 6) is 0.762. The molecule has 2 heterocycles. The van der Waals surface area contributed by atoms with Gasteiger partial charge in [-0.05, 0) is 48.7 Å². The van der Waals surface area contributed by atoms with E-state index < -0.39 is 0 Å². The van der Waals surface area contributed by atoms with E-state index in [2.05, 4.69) is 46.1 Å². The molecule has 0 aromatic carbocycles. The van der Waals surface area contributed by atoms with Crippen LogP contribution in [-0.4, -0.2) is 29.3 Å². The summed E-state index contributed by atoms with van der Waals surface area (Å²) in [5, 5.41) is 3.53. The van der Waals surface area contributed by atoms with Gasteiger partial charge >= 0.3 is 0 Å². The van der Waals surface area contributed by atoms with E-state index in [9.17, 15) is 0 Å². The molecule has 0 spiro atoms. The van der Waals surface area contributed by atoms with Crippen LogP contribution < -0.4 is 10.1 Å². The van der Waals surface area contributed by atoms with E-state index in [0.29, 0.717) is 6.04 Å². The zero-order valence-corrected chi connectivity index (χ0v) is 14.2. The van der Waals surface area contributed by atoms with Crippen molar-refractivity contribution in [2.75, 3.05) is 0 Å². The van der Waals surface area contributed by atoms with Gasteiger partial charge in [-0.15, -0.1) is 0 Å². The van der Waals surface area contributed by atoms with Crippen molar-refractivity contribution < 1.29 is 9.47 Å². The molecule has 1 N–H and O–H groups in total. The molecule has 0 amide bonds. The maximum Gasteiger partial charge on any atom is 0.218 e. The number of hydrogen-bond donors (Lipinski definition) is 1. The fourth-order valence-electron chi connectivity index (χ4n) is 2.84. The van der Waals surface area contributed by atoms with E-state index in [1.807, 2.05) is 6.20 Å². The van der Waals surface area contributed by atoms with Gasteiger partial charge < -0.3 is 14.8 Å². The molecule has 5 heteroatoms. The van der Waals surface area contributed by atoms with Crippen LogP contribution in [0.4, 0.5) is 0 Å². The van der Waals surface area contributed by atoms with Gasteiger partial charge in [0, 0.05) is 41.7 Å². The standard InChI is InChI=1S/C16H23BrN2O2/c1-10-5-15(6-11(2)20-10)21-16-12(7-13(17)9-19-16)8-18-14-3-4-14/h7,9-11,14-15,18H,3-6,8H2,1-2H3. The quantitative estimate of drug-likeness (QED) is 0.879. The Bertz CT molecular complexity index is 483. The predicted octanol–water partition coefficient (Wildman–Crippen LogP) is 3.43. The smallest absolute Gasteiger partial charge is 0.218 e. The Morgan fingerprint density at radius 2 is 2.05 bits per heavy atom. The summed E-state index contributed by atoms with van der Waals surface area (Å²) in [5.41, 5.74) is 1.13. The normalized spacial score (nSPS) is 29.4. The third-order valence-corrected chi connectivity index (χ3v) is 4.42. The van der Waals surface area contributed by atoms with Crippen LogP contribution in [0.2, 0.25) is 0 Å². The van der Waals surface area contributed by atoms with Gasteiger partial charge in [0.1, 0.15) is 6.10 Å². The molecular weight excluding hydrogens is 332 g/mol. The third-order valence-electron chi connectivity index (χ3n) is 3.98. The van der Waals surface area contributed by atoms with Gasteiger partial charge in [0.25, 0.3) is 0 Å². The van der Waals surface area contributed by atoms with Gasteiger partial charge in [-0.2, -0.15) is 0 Å². The maximum absolute atomic E-state index is 6.18. The van der Waals surface area contributed by atoms with Gasteiger partial charge in [0.2, 0.25) is 5.88 Å². The molecule has 1 saturated heterocycles. The molecule has 0 radical (unpaired) electrons. The highest BCUT2D eigenvalue weighted by molar-refractivity contribution is 9.10. The van der Waals surface area contributed by atoms with Crippen LogP contribution in [0, 0.1) is 0 Å². The lowest BCUT2D eigenvalue weighted by molar-refractivity contribution is -0.0731. The molecule has 4 nitrogen and oxygen atoms in total. The van der Waals surface area contributed by atoms with Crippen molar-refractivity contribution in [3.63, 3.8) is 0 Å². The van der Waals surface area contributed by atoms with Gasteiger partial charge in [-0.25, -0.2) is 4.98 Å². The van der Waals surface area contributed by atoms with Gasteiger partial charge in [0.05, 0.1) is 12.2 Å². The zero-order valence-electron chi connectivity index (χ0n) is 12.6. The van der Waals surface area contributed by atoms with E-state index in [0.717, 1.165) is 35.3 Å². The monoisotopic (exact) mass is 354 g/mol.